The van der Waals surface area contributed by atoms with Gasteiger partial charge in [0.1, 0.15) is 5.82 Å². The molecule has 0 aliphatic heterocycles. The molecule has 33 heavy (non-hydrogen) atoms. The zero-order valence-electron chi connectivity index (χ0n) is 18.8. The van der Waals surface area contributed by atoms with Crippen molar-refractivity contribution in [3.05, 3.63) is 77.0 Å². The van der Waals surface area contributed by atoms with Crippen LogP contribution in [0.2, 0.25) is 0 Å². The minimum absolute atomic E-state index is 0.0362. The van der Waals surface area contributed by atoms with E-state index in [0.29, 0.717) is 17.3 Å². The largest absolute Gasteiger partial charge is 0.456 e. The number of Topliss-reactive ketones (excluding diaryl/α,β-unsaturated/α-hetero) is 1. The third kappa shape index (κ3) is 5.74. The summed E-state index contributed by atoms with van der Waals surface area (Å²) < 4.78 is 6.77. The Morgan fingerprint density at radius 3 is 2.45 bits per heavy atom. The lowest BCUT2D eigenvalue weighted by Gasteiger charge is -2.09. The standard InChI is InChI=1S/C26H27N3O4/c1-17-8-9-20(14-18(17)2)23(30)12-13-26(32)33-16-25(31)27-24-15-22(19-10-11-19)28-29(24)21-6-4-3-5-7-21/h3-9,14-15,19H,10-13,16H2,1-2H3,(H,27,31). The first-order valence-electron chi connectivity index (χ1n) is 11.1. The second-order valence-electron chi connectivity index (χ2n) is 8.41. The number of rotatable bonds is 9. The molecule has 7 heteroatoms. The number of hydrogen-bond donors (Lipinski definition) is 1. The molecule has 0 atom stereocenters. The number of ketones is 1. The van der Waals surface area contributed by atoms with Crippen LogP contribution in [0.15, 0.2) is 54.6 Å². The van der Waals surface area contributed by atoms with Gasteiger partial charge in [-0.15, -0.1) is 0 Å². The van der Waals surface area contributed by atoms with Gasteiger partial charge >= 0.3 is 5.97 Å². The highest BCUT2D eigenvalue weighted by atomic mass is 16.5. The molecule has 1 N–H and O–H groups in total. The third-order valence-electron chi connectivity index (χ3n) is 5.74. The summed E-state index contributed by atoms with van der Waals surface area (Å²) in [5, 5.41) is 7.42. The fraction of sp³-hybridized carbons (Fsp3) is 0.308. The first-order chi connectivity index (χ1) is 15.9. The normalized spacial score (nSPS) is 12.9. The summed E-state index contributed by atoms with van der Waals surface area (Å²) in [5.41, 5.74) is 4.48. The maximum atomic E-state index is 12.4. The van der Waals surface area contributed by atoms with E-state index >= 15 is 0 Å². The van der Waals surface area contributed by atoms with E-state index in [1.807, 2.05) is 62.4 Å². The molecule has 1 aliphatic rings. The number of carbonyl (C=O) groups is 3. The Bertz CT molecular complexity index is 1180. The van der Waals surface area contributed by atoms with Gasteiger partial charge in [-0.05, 0) is 56.0 Å². The van der Waals surface area contributed by atoms with Crippen LogP contribution in [-0.4, -0.2) is 34.0 Å². The summed E-state index contributed by atoms with van der Waals surface area (Å²) in [6.45, 7) is 3.50. The van der Waals surface area contributed by atoms with Crippen molar-refractivity contribution >= 4 is 23.5 Å². The number of para-hydroxylation sites is 1. The number of amides is 1. The van der Waals surface area contributed by atoms with Crippen LogP contribution in [0.3, 0.4) is 0 Å². The van der Waals surface area contributed by atoms with Crippen LogP contribution < -0.4 is 5.32 Å². The van der Waals surface area contributed by atoms with E-state index in [2.05, 4.69) is 10.4 Å². The van der Waals surface area contributed by atoms with Gasteiger partial charge < -0.3 is 10.1 Å². The highest BCUT2D eigenvalue weighted by Gasteiger charge is 2.28. The van der Waals surface area contributed by atoms with Gasteiger partial charge in [-0.2, -0.15) is 5.10 Å². The third-order valence-corrected chi connectivity index (χ3v) is 5.74. The number of esters is 1. The summed E-state index contributed by atoms with van der Waals surface area (Å²) in [6, 6.07) is 16.9. The zero-order chi connectivity index (χ0) is 23.4. The number of aryl methyl sites for hydroxylation is 2. The molecule has 1 amide bonds. The first kappa shape index (κ1) is 22.5. The van der Waals surface area contributed by atoms with Crippen molar-refractivity contribution in [1.29, 1.82) is 0 Å². The SMILES string of the molecule is Cc1ccc(C(=O)CCC(=O)OCC(=O)Nc2cc(C3CC3)nn2-c2ccccc2)cc1C. The average Bonchev–Trinajstić information content (AvgIpc) is 3.59. The molecule has 1 fully saturated rings. The number of carbonyl (C=O) groups excluding carboxylic acids is 3. The van der Waals surface area contributed by atoms with Crippen LogP contribution in [0.4, 0.5) is 5.82 Å². The van der Waals surface area contributed by atoms with Crippen LogP contribution in [0, 0.1) is 13.8 Å². The van der Waals surface area contributed by atoms with Gasteiger partial charge in [0, 0.05) is 24.0 Å². The average molecular weight is 446 g/mol. The molecule has 1 heterocycles. The molecule has 170 valence electrons. The number of nitrogens with one attached hydrogen (secondary N) is 1. The van der Waals surface area contributed by atoms with Crippen molar-refractivity contribution in [2.24, 2.45) is 0 Å². The Morgan fingerprint density at radius 2 is 1.76 bits per heavy atom. The molecular weight excluding hydrogens is 418 g/mol. The van der Waals surface area contributed by atoms with Crippen molar-refractivity contribution in [3.8, 4) is 5.69 Å². The second kappa shape index (κ2) is 9.81. The maximum Gasteiger partial charge on any atom is 0.306 e. The predicted molar refractivity (Wildman–Crippen MR) is 125 cm³/mol. The predicted octanol–water partition coefficient (Wildman–Crippen LogP) is 4.51. The topological polar surface area (TPSA) is 90.3 Å². The van der Waals surface area contributed by atoms with Gasteiger partial charge in [-0.1, -0.05) is 30.3 Å². The van der Waals surface area contributed by atoms with Gasteiger partial charge in [-0.25, -0.2) is 4.68 Å². The molecule has 1 aliphatic carbocycles. The quantitative estimate of drug-likeness (QED) is 0.387. The smallest absolute Gasteiger partial charge is 0.306 e. The summed E-state index contributed by atoms with van der Waals surface area (Å²) in [6.07, 6.45) is 2.15. The number of benzene rings is 2. The summed E-state index contributed by atoms with van der Waals surface area (Å²) in [4.78, 5) is 36.8. The van der Waals surface area contributed by atoms with E-state index < -0.39 is 18.5 Å². The Kier molecular flexibility index (Phi) is 6.68. The Balaban J connectivity index is 1.30. The fourth-order valence-electron chi connectivity index (χ4n) is 3.51. The number of nitrogens with zero attached hydrogens (tertiary/aromatic N) is 2. The van der Waals surface area contributed by atoms with Crippen molar-refractivity contribution in [2.45, 2.75) is 45.4 Å². The van der Waals surface area contributed by atoms with Crippen molar-refractivity contribution in [2.75, 3.05) is 11.9 Å². The van der Waals surface area contributed by atoms with E-state index in [9.17, 15) is 14.4 Å². The molecular formula is C26H27N3O4. The van der Waals surface area contributed by atoms with Gasteiger partial charge in [0.05, 0.1) is 17.8 Å². The lowest BCUT2D eigenvalue weighted by atomic mass is 10.0. The van der Waals surface area contributed by atoms with E-state index in [1.54, 1.807) is 10.7 Å². The fourth-order valence-corrected chi connectivity index (χ4v) is 3.51. The highest BCUT2D eigenvalue weighted by molar-refractivity contribution is 5.98. The molecule has 0 bridgehead atoms. The van der Waals surface area contributed by atoms with Crippen LogP contribution in [-0.2, 0) is 14.3 Å². The molecule has 0 saturated heterocycles. The summed E-state index contributed by atoms with van der Waals surface area (Å²) in [5.74, 6) is -0.202. The molecule has 1 saturated carbocycles. The minimum Gasteiger partial charge on any atom is -0.456 e. The summed E-state index contributed by atoms with van der Waals surface area (Å²) in [7, 11) is 0. The Hall–Kier alpha value is -3.74. The monoisotopic (exact) mass is 445 g/mol. The van der Waals surface area contributed by atoms with Crippen LogP contribution in [0.5, 0.6) is 0 Å². The van der Waals surface area contributed by atoms with E-state index in [-0.39, 0.29) is 18.6 Å². The van der Waals surface area contributed by atoms with Crippen molar-refractivity contribution < 1.29 is 19.1 Å². The van der Waals surface area contributed by atoms with Crippen LogP contribution in [0.25, 0.3) is 5.69 Å². The summed E-state index contributed by atoms with van der Waals surface area (Å²) >= 11 is 0. The number of hydrogen-bond acceptors (Lipinski definition) is 5. The molecule has 3 aromatic rings. The Morgan fingerprint density at radius 1 is 1.00 bits per heavy atom. The molecule has 4 rings (SSSR count). The van der Waals surface area contributed by atoms with Crippen LogP contribution in [0.1, 0.15) is 58.8 Å². The molecule has 2 aromatic carbocycles. The van der Waals surface area contributed by atoms with Gasteiger partial charge in [0.25, 0.3) is 5.91 Å². The van der Waals surface area contributed by atoms with Crippen molar-refractivity contribution in [1.82, 2.24) is 9.78 Å². The Labute approximate surface area is 192 Å². The maximum absolute atomic E-state index is 12.4. The van der Waals surface area contributed by atoms with E-state index in [0.717, 1.165) is 35.3 Å². The highest BCUT2D eigenvalue weighted by Crippen LogP contribution is 2.40. The first-order valence-corrected chi connectivity index (χ1v) is 11.1. The number of anilines is 1. The van der Waals surface area contributed by atoms with Crippen molar-refractivity contribution in [3.63, 3.8) is 0 Å². The van der Waals surface area contributed by atoms with Gasteiger partial charge in [0.2, 0.25) is 0 Å². The lowest BCUT2D eigenvalue weighted by molar-refractivity contribution is -0.147. The van der Waals surface area contributed by atoms with Crippen LogP contribution >= 0.6 is 0 Å². The van der Waals surface area contributed by atoms with E-state index in [1.165, 1.54) is 0 Å². The molecule has 1 aromatic heterocycles. The van der Waals surface area contributed by atoms with E-state index in [4.69, 9.17) is 4.74 Å². The van der Waals surface area contributed by atoms with Gasteiger partial charge in [-0.3, -0.25) is 14.4 Å². The zero-order valence-corrected chi connectivity index (χ0v) is 18.8. The van der Waals surface area contributed by atoms with Gasteiger partial charge in [0.15, 0.2) is 12.4 Å². The lowest BCUT2D eigenvalue weighted by Crippen LogP contribution is -2.22. The molecule has 0 radical (unpaired) electrons. The minimum atomic E-state index is -0.586. The second-order valence-corrected chi connectivity index (χ2v) is 8.41. The molecule has 0 unspecified atom stereocenters. The number of aromatic nitrogens is 2. The molecule has 0 spiro atoms. The number of ether oxygens (including phenoxy) is 1. The molecule has 7 nitrogen and oxygen atoms in total.